The van der Waals surface area contributed by atoms with Crippen LogP contribution in [0.3, 0.4) is 0 Å². The maximum Gasteiger partial charge on any atom is 0.0547 e. The van der Waals surface area contributed by atoms with E-state index in [1.54, 1.807) is 11.1 Å². The van der Waals surface area contributed by atoms with Gasteiger partial charge in [-0.1, -0.05) is 195 Å². The molecule has 2 heteroatoms. The van der Waals surface area contributed by atoms with Gasteiger partial charge in [0.2, 0.25) is 0 Å². The van der Waals surface area contributed by atoms with Gasteiger partial charge in [0.25, 0.3) is 0 Å². The van der Waals surface area contributed by atoms with Crippen molar-refractivity contribution in [2.45, 2.75) is 62.7 Å². The van der Waals surface area contributed by atoms with Gasteiger partial charge in [0.15, 0.2) is 0 Å². The number of fused-ring (bicyclic) bond motifs is 11. The van der Waals surface area contributed by atoms with Gasteiger partial charge in [0.05, 0.1) is 28.1 Å². The number of nitrogens with zero attached hydrogens (tertiary/aromatic N) is 2. The zero-order valence-corrected chi connectivity index (χ0v) is 42.3. The van der Waals surface area contributed by atoms with Crippen LogP contribution in [0.1, 0.15) is 74.0 Å². The first-order valence-electron chi connectivity index (χ1n) is 28.1. The summed E-state index contributed by atoms with van der Waals surface area (Å²) in [6, 6.07) is 86.0. The fraction of sp³-hybridized carbons (Fsp3) is 0.205. The van der Waals surface area contributed by atoms with E-state index in [1.165, 1.54) is 151 Å². The van der Waals surface area contributed by atoms with E-state index in [9.17, 15) is 0 Å². The highest BCUT2D eigenvalue weighted by Gasteiger charge is 2.90. The molecule has 0 amide bonds. The number of hydrogen-bond donors (Lipinski definition) is 0. The third-order valence-corrected chi connectivity index (χ3v) is 20.5. The zero-order valence-electron chi connectivity index (χ0n) is 42.3. The fourth-order valence-corrected chi connectivity index (χ4v) is 17.6. The molecule has 360 valence electrons. The number of benzene rings is 10. The fourth-order valence-electron chi connectivity index (χ4n) is 17.6. The second-order valence-corrected chi connectivity index (χ2v) is 23.3. The average Bonchev–Trinajstić information content (AvgIpc) is 4.06. The lowest BCUT2D eigenvalue weighted by Gasteiger charge is -2.92. The molecule has 0 N–H and O–H groups in total. The second kappa shape index (κ2) is 15.8. The molecule has 1 heterocycles. The van der Waals surface area contributed by atoms with Gasteiger partial charge in [-0.05, 0) is 171 Å². The number of para-hydroxylation sites is 5. The van der Waals surface area contributed by atoms with Crippen LogP contribution in [0.5, 0.6) is 0 Å². The largest absolute Gasteiger partial charge is 0.309 e. The van der Waals surface area contributed by atoms with Crippen molar-refractivity contribution in [1.82, 2.24) is 4.57 Å². The topological polar surface area (TPSA) is 8.17 Å². The summed E-state index contributed by atoms with van der Waals surface area (Å²) in [6.45, 7) is 0. The van der Waals surface area contributed by atoms with Crippen molar-refractivity contribution in [3.05, 3.63) is 241 Å². The summed E-state index contributed by atoms with van der Waals surface area (Å²) in [5, 5.41) is 5.25. The lowest BCUT2D eigenvalue weighted by molar-refractivity contribution is -0.412. The Bertz CT molecular complexity index is 4120. The van der Waals surface area contributed by atoms with Crippen LogP contribution in [-0.2, 0) is 5.41 Å². The molecule has 5 fully saturated rings. The Morgan fingerprint density at radius 1 is 0.400 bits per heavy atom. The summed E-state index contributed by atoms with van der Waals surface area (Å²) in [7, 11) is 0. The van der Waals surface area contributed by atoms with Crippen LogP contribution in [-0.4, -0.2) is 4.57 Å². The normalized spacial score (nSPS) is 23.6. The molecule has 4 unspecified atom stereocenters. The van der Waals surface area contributed by atoms with Crippen molar-refractivity contribution in [2.24, 2.45) is 29.1 Å². The molecule has 11 aromatic rings. The van der Waals surface area contributed by atoms with Crippen molar-refractivity contribution in [3.63, 3.8) is 0 Å². The molecule has 2 spiro atoms. The number of rotatable bonds is 8. The summed E-state index contributed by atoms with van der Waals surface area (Å²) in [6.07, 6.45) is 10.7. The summed E-state index contributed by atoms with van der Waals surface area (Å²) in [5.41, 5.74) is 23.0. The molecule has 6 aliphatic carbocycles. The maximum absolute atomic E-state index is 2.67. The molecule has 5 saturated carbocycles. The van der Waals surface area contributed by atoms with E-state index in [4.69, 9.17) is 0 Å². The standard InChI is InChI=1S/C73H58N2/c1-3-19-46(20-4-1)55-30-17-21-47-22-18-31-61(71(47)55)59-29-11-16-36-67(59)75(65-34-14-9-26-54(65)49-38-40-60-58-28-10-15-35-66(58)74(68(60)42-49)52-23-5-2-6-24-52)64-33-13-8-25-53(64)48-37-39-57-56-27-7-12-32-62(56)73(63(57)41-48)69-44-50-43-51-45-70(73)72(50,51)69/h2,5-18,21-42,46,50-51,69-70H,1,3-4,19-20,43-45H2. The monoisotopic (exact) mass is 962 g/mol. The van der Waals surface area contributed by atoms with Crippen LogP contribution in [0.25, 0.3) is 82.8 Å². The molecule has 1 aromatic heterocycles. The lowest BCUT2D eigenvalue weighted by atomic mass is 9.11. The van der Waals surface area contributed by atoms with E-state index in [-0.39, 0.29) is 5.41 Å². The quantitative estimate of drug-likeness (QED) is 0.147. The Morgan fingerprint density at radius 3 is 1.72 bits per heavy atom. The molecule has 17 rings (SSSR count). The van der Waals surface area contributed by atoms with Crippen molar-refractivity contribution in [2.75, 3.05) is 4.90 Å². The highest BCUT2D eigenvalue weighted by atomic mass is 15.2. The van der Waals surface area contributed by atoms with Crippen LogP contribution in [0, 0.1) is 29.1 Å². The second-order valence-electron chi connectivity index (χ2n) is 23.3. The SMILES string of the molecule is c1ccc(-n2c3ccccc3c3ccc(-c4ccccc4N(c4ccccc4-c4ccc5c(c4)C4(c6ccccc6-5)C5CC6CC7CC4C675)c4ccccc4-c4cccc5cccc(C6CCCCC6)c45)cc32)cc1. The van der Waals surface area contributed by atoms with Crippen LogP contribution >= 0.6 is 0 Å². The first-order chi connectivity index (χ1) is 37.2. The van der Waals surface area contributed by atoms with Crippen molar-refractivity contribution in [1.29, 1.82) is 0 Å². The van der Waals surface area contributed by atoms with Gasteiger partial charge in [-0.15, -0.1) is 0 Å². The van der Waals surface area contributed by atoms with Gasteiger partial charge in [0.1, 0.15) is 0 Å². The van der Waals surface area contributed by atoms with E-state index in [0.717, 1.165) is 29.4 Å². The molecule has 6 aliphatic rings. The predicted octanol–water partition coefficient (Wildman–Crippen LogP) is 19.4. The first kappa shape index (κ1) is 42.4. The van der Waals surface area contributed by atoms with Gasteiger partial charge < -0.3 is 9.47 Å². The maximum atomic E-state index is 2.67. The number of anilines is 3. The third kappa shape index (κ3) is 5.55. The molecule has 0 bridgehead atoms. The van der Waals surface area contributed by atoms with Crippen molar-refractivity contribution >= 4 is 49.6 Å². The molecular weight excluding hydrogens is 905 g/mol. The predicted molar refractivity (Wildman–Crippen MR) is 312 cm³/mol. The summed E-state index contributed by atoms with van der Waals surface area (Å²) < 4.78 is 2.45. The van der Waals surface area contributed by atoms with Crippen LogP contribution in [0.15, 0.2) is 224 Å². The van der Waals surface area contributed by atoms with Gasteiger partial charge in [0, 0.05) is 38.6 Å². The smallest absolute Gasteiger partial charge is 0.0547 e. The van der Waals surface area contributed by atoms with Crippen LogP contribution in [0.2, 0.25) is 0 Å². The van der Waals surface area contributed by atoms with Gasteiger partial charge >= 0.3 is 0 Å². The van der Waals surface area contributed by atoms with Gasteiger partial charge in [-0.3, -0.25) is 0 Å². The number of hydrogen-bond acceptors (Lipinski definition) is 1. The third-order valence-electron chi connectivity index (χ3n) is 20.5. The first-order valence-corrected chi connectivity index (χ1v) is 28.1. The lowest BCUT2D eigenvalue weighted by Crippen LogP contribution is -2.88. The van der Waals surface area contributed by atoms with E-state index in [0.29, 0.717) is 11.3 Å². The Kier molecular flexibility index (Phi) is 8.93. The zero-order chi connectivity index (χ0) is 49.0. The molecule has 2 nitrogen and oxygen atoms in total. The molecule has 10 aromatic carbocycles. The minimum Gasteiger partial charge on any atom is -0.309 e. The molecule has 0 aliphatic heterocycles. The van der Waals surface area contributed by atoms with E-state index in [1.807, 2.05) is 0 Å². The summed E-state index contributed by atoms with van der Waals surface area (Å²) in [4.78, 5) is 2.64. The van der Waals surface area contributed by atoms with Gasteiger partial charge in [-0.25, -0.2) is 0 Å². The van der Waals surface area contributed by atoms with E-state index < -0.39 is 0 Å². The highest BCUT2D eigenvalue weighted by molar-refractivity contribution is 6.11. The minimum absolute atomic E-state index is 0.133. The molecule has 75 heavy (non-hydrogen) atoms. The van der Waals surface area contributed by atoms with Crippen LogP contribution < -0.4 is 4.90 Å². The minimum atomic E-state index is 0.133. The highest BCUT2D eigenvalue weighted by Crippen LogP contribution is 2.95. The van der Waals surface area contributed by atoms with Crippen molar-refractivity contribution in [3.8, 4) is 50.2 Å². The molecule has 4 atom stereocenters. The van der Waals surface area contributed by atoms with Crippen LogP contribution in [0.4, 0.5) is 17.1 Å². The Hall–Kier alpha value is -7.94. The van der Waals surface area contributed by atoms with E-state index in [2.05, 4.69) is 234 Å². The molecular formula is C73H58N2. The molecule has 0 radical (unpaired) electrons. The Labute approximate surface area is 439 Å². The Balaban J connectivity index is 0.898. The van der Waals surface area contributed by atoms with Crippen molar-refractivity contribution < 1.29 is 0 Å². The van der Waals surface area contributed by atoms with Gasteiger partial charge in [-0.2, -0.15) is 0 Å². The summed E-state index contributed by atoms with van der Waals surface area (Å²) in [5.74, 6) is 4.04. The number of aromatic nitrogens is 1. The summed E-state index contributed by atoms with van der Waals surface area (Å²) >= 11 is 0. The molecule has 0 saturated heterocycles. The average molecular weight is 963 g/mol. The van der Waals surface area contributed by atoms with E-state index >= 15 is 0 Å². The Morgan fingerprint density at radius 2 is 0.973 bits per heavy atom.